The van der Waals surface area contributed by atoms with Gasteiger partial charge in [-0.25, -0.2) is 0 Å². The van der Waals surface area contributed by atoms with Crippen LogP contribution in [0.2, 0.25) is 0 Å². The van der Waals surface area contributed by atoms with E-state index >= 15 is 0 Å². The molecule has 1 aliphatic heterocycles. The second-order valence-corrected chi connectivity index (χ2v) is 7.86. The van der Waals surface area contributed by atoms with Crippen LogP contribution in [-0.2, 0) is 29.6 Å². The van der Waals surface area contributed by atoms with E-state index in [4.69, 9.17) is 0 Å². The van der Waals surface area contributed by atoms with E-state index in [1.807, 2.05) is 0 Å². The van der Waals surface area contributed by atoms with Crippen molar-refractivity contribution in [1.82, 2.24) is 20.1 Å². The predicted octanol–water partition coefficient (Wildman–Crippen LogP) is 2.85. The molecule has 2 aliphatic rings. The maximum Gasteiger partial charge on any atom is 0.231 e. The highest BCUT2D eigenvalue weighted by Crippen LogP contribution is 2.41. The van der Waals surface area contributed by atoms with Gasteiger partial charge in [0.15, 0.2) is 0 Å². The zero-order valence-corrected chi connectivity index (χ0v) is 14.8. The molecule has 4 rings (SSSR count). The average molecular weight is 344 g/mol. The summed E-state index contributed by atoms with van der Waals surface area (Å²) in [7, 11) is 0. The molecule has 0 spiro atoms. The van der Waals surface area contributed by atoms with Crippen LogP contribution in [0.4, 0.5) is 0 Å². The lowest BCUT2D eigenvalue weighted by atomic mass is 9.72. The summed E-state index contributed by atoms with van der Waals surface area (Å²) in [6.45, 7) is 1.66. The minimum Gasteiger partial charge on any atom is -0.355 e. The molecule has 5 nitrogen and oxygen atoms in total. The van der Waals surface area contributed by atoms with E-state index in [1.165, 1.54) is 11.3 Å². The molecule has 3 heterocycles. The molecule has 1 saturated carbocycles. The fourth-order valence-electron chi connectivity index (χ4n) is 4.14. The number of hydrogen-bond acceptors (Lipinski definition) is 4. The van der Waals surface area contributed by atoms with Crippen molar-refractivity contribution >= 4 is 17.2 Å². The molecule has 0 aromatic carbocycles. The molecule has 1 N–H and O–H groups in total. The molecule has 0 unspecified atom stereocenters. The van der Waals surface area contributed by atoms with Crippen molar-refractivity contribution in [2.75, 3.05) is 6.54 Å². The zero-order valence-electron chi connectivity index (χ0n) is 14.0. The Kier molecular flexibility index (Phi) is 4.39. The van der Waals surface area contributed by atoms with Crippen LogP contribution < -0.4 is 5.32 Å². The topological polar surface area (TPSA) is 59.8 Å². The summed E-state index contributed by atoms with van der Waals surface area (Å²) in [6, 6.07) is 4.18. The highest BCUT2D eigenvalue weighted by molar-refractivity contribution is 7.10. The second-order valence-electron chi connectivity index (χ2n) is 6.91. The van der Waals surface area contributed by atoms with Gasteiger partial charge in [-0.05, 0) is 30.7 Å². The lowest BCUT2D eigenvalue weighted by Gasteiger charge is -2.35. The van der Waals surface area contributed by atoms with Gasteiger partial charge >= 0.3 is 0 Å². The van der Waals surface area contributed by atoms with Crippen LogP contribution in [0.3, 0.4) is 0 Å². The number of thiophene rings is 1. The molecule has 1 amide bonds. The first-order valence-corrected chi connectivity index (χ1v) is 9.91. The van der Waals surface area contributed by atoms with Crippen LogP contribution in [0.15, 0.2) is 17.5 Å². The van der Waals surface area contributed by atoms with E-state index in [0.717, 1.165) is 63.1 Å². The highest BCUT2D eigenvalue weighted by Gasteiger charge is 2.41. The van der Waals surface area contributed by atoms with Crippen LogP contribution in [0, 0.1) is 0 Å². The van der Waals surface area contributed by atoms with Gasteiger partial charge in [-0.3, -0.25) is 4.79 Å². The second kappa shape index (κ2) is 6.67. The number of carbonyl (C=O) groups is 1. The summed E-state index contributed by atoms with van der Waals surface area (Å²) in [5.74, 6) is 2.31. The zero-order chi connectivity index (χ0) is 16.4. The molecule has 0 atom stereocenters. The van der Waals surface area contributed by atoms with Crippen LogP contribution in [-0.4, -0.2) is 27.2 Å². The highest BCUT2D eigenvalue weighted by atomic mass is 32.1. The molecule has 24 heavy (non-hydrogen) atoms. The van der Waals surface area contributed by atoms with Crippen molar-refractivity contribution in [2.24, 2.45) is 0 Å². The number of amides is 1. The smallest absolute Gasteiger partial charge is 0.231 e. The quantitative estimate of drug-likeness (QED) is 0.907. The van der Waals surface area contributed by atoms with Gasteiger partial charge in [0.2, 0.25) is 5.91 Å². The van der Waals surface area contributed by atoms with Gasteiger partial charge in [0.05, 0.1) is 5.41 Å². The van der Waals surface area contributed by atoms with Crippen LogP contribution in [0.25, 0.3) is 0 Å². The Morgan fingerprint density at radius 1 is 1.25 bits per heavy atom. The van der Waals surface area contributed by atoms with Crippen molar-refractivity contribution in [3.05, 3.63) is 34.0 Å². The molecular formula is C18H24N4OS. The van der Waals surface area contributed by atoms with E-state index in [9.17, 15) is 4.79 Å². The largest absolute Gasteiger partial charge is 0.355 e. The standard InChI is InChI=1S/C18H24N4OS/c23-17(18(9-2-1-3-10-18)14-6-5-13-24-14)19-11-8-16-21-20-15-7-4-12-22(15)16/h5-6,13H,1-4,7-12H2,(H,19,23). The summed E-state index contributed by atoms with van der Waals surface area (Å²) < 4.78 is 2.21. The number of rotatable bonds is 5. The van der Waals surface area contributed by atoms with E-state index in [2.05, 4.69) is 37.6 Å². The Labute approximate surface area is 146 Å². The third-order valence-corrected chi connectivity index (χ3v) is 6.53. The molecule has 2 aromatic rings. The summed E-state index contributed by atoms with van der Waals surface area (Å²) in [4.78, 5) is 14.3. The van der Waals surface area contributed by atoms with Crippen molar-refractivity contribution in [2.45, 2.75) is 63.3 Å². The first-order chi connectivity index (χ1) is 11.8. The predicted molar refractivity (Wildman–Crippen MR) is 94.1 cm³/mol. The fraction of sp³-hybridized carbons (Fsp3) is 0.611. The van der Waals surface area contributed by atoms with E-state index in [0.29, 0.717) is 6.54 Å². The third kappa shape index (κ3) is 2.77. The molecule has 128 valence electrons. The van der Waals surface area contributed by atoms with Crippen LogP contribution in [0.5, 0.6) is 0 Å². The monoisotopic (exact) mass is 344 g/mol. The number of aryl methyl sites for hydroxylation is 1. The lowest BCUT2D eigenvalue weighted by Crippen LogP contribution is -2.46. The Bertz CT molecular complexity index is 701. The van der Waals surface area contributed by atoms with Gasteiger partial charge < -0.3 is 9.88 Å². The first kappa shape index (κ1) is 15.8. The average Bonchev–Trinajstić information content (AvgIpc) is 3.34. The molecular weight excluding hydrogens is 320 g/mol. The van der Waals surface area contributed by atoms with E-state index < -0.39 is 0 Å². The normalized spacial score (nSPS) is 19.2. The van der Waals surface area contributed by atoms with Gasteiger partial charge in [-0.15, -0.1) is 21.5 Å². The summed E-state index contributed by atoms with van der Waals surface area (Å²) in [5, 5.41) is 13.8. The molecule has 6 heteroatoms. The summed E-state index contributed by atoms with van der Waals surface area (Å²) >= 11 is 1.72. The van der Waals surface area contributed by atoms with Gasteiger partial charge in [0, 0.05) is 30.8 Å². The molecule has 2 aromatic heterocycles. The minimum absolute atomic E-state index is 0.200. The number of carbonyl (C=O) groups excluding carboxylic acids is 1. The molecule has 1 aliphatic carbocycles. The van der Waals surface area contributed by atoms with E-state index in [1.54, 1.807) is 11.3 Å². The van der Waals surface area contributed by atoms with Crippen molar-refractivity contribution < 1.29 is 4.79 Å². The summed E-state index contributed by atoms with van der Waals surface area (Å²) in [5.41, 5.74) is -0.306. The van der Waals surface area contributed by atoms with Crippen molar-refractivity contribution in [3.8, 4) is 0 Å². The number of fused-ring (bicyclic) bond motifs is 1. The molecule has 0 saturated heterocycles. The molecule has 1 fully saturated rings. The molecule has 0 radical (unpaired) electrons. The Morgan fingerprint density at radius 3 is 2.92 bits per heavy atom. The first-order valence-electron chi connectivity index (χ1n) is 9.03. The van der Waals surface area contributed by atoms with Crippen LogP contribution >= 0.6 is 11.3 Å². The Morgan fingerprint density at radius 2 is 2.12 bits per heavy atom. The van der Waals surface area contributed by atoms with Gasteiger partial charge in [0.25, 0.3) is 0 Å². The summed E-state index contributed by atoms with van der Waals surface area (Å²) in [6.07, 6.45) is 8.42. The Balaban J connectivity index is 1.42. The maximum atomic E-state index is 13.0. The fourth-order valence-corrected chi connectivity index (χ4v) is 5.13. The number of hydrogen-bond donors (Lipinski definition) is 1. The maximum absolute atomic E-state index is 13.0. The number of nitrogens with one attached hydrogen (secondary N) is 1. The Hall–Kier alpha value is -1.69. The van der Waals surface area contributed by atoms with Crippen molar-refractivity contribution in [3.63, 3.8) is 0 Å². The lowest BCUT2D eigenvalue weighted by molar-refractivity contribution is -0.127. The number of nitrogens with zero attached hydrogens (tertiary/aromatic N) is 3. The third-order valence-electron chi connectivity index (χ3n) is 5.45. The van der Waals surface area contributed by atoms with Gasteiger partial charge in [0.1, 0.15) is 11.6 Å². The minimum atomic E-state index is -0.306. The van der Waals surface area contributed by atoms with Gasteiger partial charge in [-0.2, -0.15) is 0 Å². The van der Waals surface area contributed by atoms with Gasteiger partial charge in [-0.1, -0.05) is 25.3 Å². The number of aromatic nitrogens is 3. The van der Waals surface area contributed by atoms with E-state index in [-0.39, 0.29) is 11.3 Å². The van der Waals surface area contributed by atoms with Crippen molar-refractivity contribution in [1.29, 1.82) is 0 Å². The van der Waals surface area contributed by atoms with Crippen LogP contribution in [0.1, 0.15) is 55.1 Å². The SMILES string of the molecule is O=C(NCCc1nnc2n1CCC2)C1(c2cccs2)CCCCC1. The molecule has 0 bridgehead atoms.